The molecule has 0 atom stereocenters. The summed E-state index contributed by atoms with van der Waals surface area (Å²) in [5.41, 5.74) is 1.14. The van der Waals surface area contributed by atoms with Crippen molar-refractivity contribution in [1.29, 1.82) is 0 Å². The number of ketones is 1. The van der Waals surface area contributed by atoms with E-state index in [0.717, 1.165) is 0 Å². The van der Waals surface area contributed by atoms with Gasteiger partial charge in [0.25, 0.3) is 0 Å². The second-order valence-electron chi connectivity index (χ2n) is 3.09. The molecule has 74 valence electrons. The van der Waals surface area contributed by atoms with Crippen LogP contribution in [-0.4, -0.2) is 5.78 Å². The summed E-state index contributed by atoms with van der Waals surface area (Å²) in [5, 5.41) is 0. The van der Waals surface area contributed by atoms with E-state index in [0.29, 0.717) is 15.6 Å². The minimum atomic E-state index is -0.350. The molecule has 1 rings (SSSR count). The van der Waals surface area contributed by atoms with E-state index in [2.05, 4.69) is 22.5 Å². The van der Waals surface area contributed by atoms with Gasteiger partial charge in [-0.3, -0.25) is 4.79 Å². The quantitative estimate of drug-likeness (QED) is 0.759. The SMILES string of the molecule is C=C(C)C(=O)Cc1cccc(F)c1Br. The second kappa shape index (κ2) is 4.51. The Morgan fingerprint density at radius 1 is 1.57 bits per heavy atom. The summed E-state index contributed by atoms with van der Waals surface area (Å²) < 4.78 is 13.4. The van der Waals surface area contributed by atoms with E-state index >= 15 is 0 Å². The van der Waals surface area contributed by atoms with Crippen molar-refractivity contribution in [2.45, 2.75) is 13.3 Å². The van der Waals surface area contributed by atoms with Crippen LogP contribution in [0.5, 0.6) is 0 Å². The lowest BCUT2D eigenvalue weighted by molar-refractivity contribution is -0.114. The van der Waals surface area contributed by atoms with Gasteiger partial charge in [-0.2, -0.15) is 0 Å². The summed E-state index contributed by atoms with van der Waals surface area (Å²) in [4.78, 5) is 11.3. The minimum Gasteiger partial charge on any atom is -0.294 e. The van der Waals surface area contributed by atoms with Crippen LogP contribution in [0.2, 0.25) is 0 Å². The lowest BCUT2D eigenvalue weighted by Gasteiger charge is -2.03. The Bertz CT molecular complexity index is 385. The van der Waals surface area contributed by atoms with Crippen LogP contribution in [0.4, 0.5) is 4.39 Å². The third-order valence-electron chi connectivity index (χ3n) is 1.86. The molecule has 0 radical (unpaired) electrons. The average Bonchev–Trinajstić information content (AvgIpc) is 2.12. The maximum atomic E-state index is 13.1. The van der Waals surface area contributed by atoms with Gasteiger partial charge in [0.15, 0.2) is 5.78 Å². The van der Waals surface area contributed by atoms with E-state index in [-0.39, 0.29) is 18.0 Å². The van der Waals surface area contributed by atoms with Crippen LogP contribution < -0.4 is 0 Å². The highest BCUT2D eigenvalue weighted by molar-refractivity contribution is 9.10. The normalized spacial score (nSPS) is 9.93. The Balaban J connectivity index is 2.93. The summed E-state index contributed by atoms with van der Waals surface area (Å²) >= 11 is 3.10. The summed E-state index contributed by atoms with van der Waals surface area (Å²) in [7, 11) is 0. The van der Waals surface area contributed by atoms with Crippen molar-refractivity contribution in [1.82, 2.24) is 0 Å². The Labute approximate surface area is 90.8 Å². The van der Waals surface area contributed by atoms with Gasteiger partial charge in [-0.25, -0.2) is 4.39 Å². The van der Waals surface area contributed by atoms with E-state index in [1.54, 1.807) is 19.1 Å². The number of carbonyl (C=O) groups is 1. The molecule has 0 aliphatic carbocycles. The molecular formula is C11H10BrFO. The molecule has 0 bridgehead atoms. The molecule has 0 saturated carbocycles. The third kappa shape index (κ3) is 2.51. The van der Waals surface area contributed by atoms with Crippen molar-refractivity contribution in [2.24, 2.45) is 0 Å². The molecule has 0 fully saturated rings. The van der Waals surface area contributed by atoms with Crippen LogP contribution >= 0.6 is 15.9 Å². The standard InChI is InChI=1S/C11H10BrFO/c1-7(2)10(14)6-8-4-3-5-9(13)11(8)12/h3-5H,1,6H2,2H3. The molecule has 0 saturated heterocycles. The fourth-order valence-corrected chi connectivity index (χ4v) is 1.41. The summed E-state index contributed by atoms with van der Waals surface area (Å²) in [5.74, 6) is -0.423. The van der Waals surface area contributed by atoms with E-state index < -0.39 is 0 Å². The van der Waals surface area contributed by atoms with Gasteiger partial charge in [0, 0.05) is 6.42 Å². The maximum absolute atomic E-state index is 13.1. The molecule has 0 heterocycles. The van der Waals surface area contributed by atoms with Crippen LogP contribution in [0.15, 0.2) is 34.8 Å². The van der Waals surface area contributed by atoms with Crippen molar-refractivity contribution >= 4 is 21.7 Å². The van der Waals surface area contributed by atoms with E-state index in [4.69, 9.17) is 0 Å². The van der Waals surface area contributed by atoms with Gasteiger partial charge in [0.2, 0.25) is 0 Å². The largest absolute Gasteiger partial charge is 0.294 e. The fraction of sp³-hybridized carbons (Fsp3) is 0.182. The first kappa shape index (κ1) is 11.1. The molecule has 1 nitrogen and oxygen atoms in total. The Morgan fingerprint density at radius 3 is 2.79 bits per heavy atom. The first-order valence-corrected chi connectivity index (χ1v) is 4.93. The molecule has 0 unspecified atom stereocenters. The van der Waals surface area contributed by atoms with E-state index in [1.165, 1.54) is 6.07 Å². The maximum Gasteiger partial charge on any atom is 0.162 e. The van der Waals surface area contributed by atoms with Crippen molar-refractivity contribution in [3.8, 4) is 0 Å². The molecule has 0 spiro atoms. The van der Waals surface area contributed by atoms with Gasteiger partial charge in [0.1, 0.15) is 5.82 Å². The lowest BCUT2D eigenvalue weighted by Crippen LogP contribution is -2.04. The van der Waals surface area contributed by atoms with Gasteiger partial charge in [-0.05, 0) is 40.1 Å². The van der Waals surface area contributed by atoms with Gasteiger partial charge in [-0.15, -0.1) is 0 Å². The highest BCUT2D eigenvalue weighted by atomic mass is 79.9. The molecule has 3 heteroatoms. The van der Waals surface area contributed by atoms with Crippen molar-refractivity contribution in [2.75, 3.05) is 0 Å². The second-order valence-corrected chi connectivity index (χ2v) is 3.89. The minimum absolute atomic E-state index is 0.0729. The summed E-state index contributed by atoms with van der Waals surface area (Å²) in [6.45, 7) is 5.19. The molecule has 0 aromatic heterocycles. The number of allylic oxidation sites excluding steroid dienone is 1. The molecular weight excluding hydrogens is 247 g/mol. The average molecular weight is 257 g/mol. The predicted octanol–water partition coefficient (Wildman–Crippen LogP) is 3.28. The lowest BCUT2D eigenvalue weighted by atomic mass is 10.1. The zero-order chi connectivity index (χ0) is 10.7. The molecule has 1 aromatic carbocycles. The van der Waals surface area contributed by atoms with Crippen LogP contribution in [0.1, 0.15) is 12.5 Å². The number of Topliss-reactive ketones (excluding diaryl/α,β-unsaturated/α-hetero) is 1. The zero-order valence-electron chi connectivity index (χ0n) is 7.81. The Hall–Kier alpha value is -0.960. The number of hydrogen-bond donors (Lipinski definition) is 0. The number of benzene rings is 1. The van der Waals surface area contributed by atoms with Gasteiger partial charge in [0.05, 0.1) is 4.47 Å². The summed E-state index contributed by atoms with van der Waals surface area (Å²) in [6.07, 6.45) is 0.188. The number of halogens is 2. The fourth-order valence-electron chi connectivity index (χ4n) is 1.01. The molecule has 14 heavy (non-hydrogen) atoms. The monoisotopic (exact) mass is 256 g/mol. The van der Waals surface area contributed by atoms with Crippen LogP contribution in [-0.2, 0) is 11.2 Å². The van der Waals surface area contributed by atoms with Gasteiger partial charge < -0.3 is 0 Å². The van der Waals surface area contributed by atoms with Crippen molar-refractivity contribution in [3.05, 3.63) is 46.2 Å². The Morgan fingerprint density at radius 2 is 2.21 bits per heavy atom. The zero-order valence-corrected chi connectivity index (χ0v) is 9.40. The number of carbonyl (C=O) groups excluding carboxylic acids is 1. The number of rotatable bonds is 3. The molecule has 0 N–H and O–H groups in total. The molecule has 1 aromatic rings. The first-order valence-electron chi connectivity index (χ1n) is 4.14. The van der Waals surface area contributed by atoms with E-state index in [9.17, 15) is 9.18 Å². The highest BCUT2D eigenvalue weighted by Gasteiger charge is 2.09. The van der Waals surface area contributed by atoms with Crippen LogP contribution in [0.25, 0.3) is 0 Å². The first-order chi connectivity index (χ1) is 6.52. The van der Waals surface area contributed by atoms with Crippen molar-refractivity contribution < 1.29 is 9.18 Å². The van der Waals surface area contributed by atoms with Crippen LogP contribution in [0.3, 0.4) is 0 Å². The Kier molecular flexibility index (Phi) is 3.58. The smallest absolute Gasteiger partial charge is 0.162 e. The number of hydrogen-bond acceptors (Lipinski definition) is 1. The van der Waals surface area contributed by atoms with Gasteiger partial charge in [-0.1, -0.05) is 18.7 Å². The van der Waals surface area contributed by atoms with Gasteiger partial charge >= 0.3 is 0 Å². The highest BCUT2D eigenvalue weighted by Crippen LogP contribution is 2.21. The topological polar surface area (TPSA) is 17.1 Å². The van der Waals surface area contributed by atoms with E-state index in [1.807, 2.05) is 0 Å². The van der Waals surface area contributed by atoms with Crippen LogP contribution in [0, 0.1) is 5.82 Å². The molecule has 0 aliphatic heterocycles. The molecule has 0 amide bonds. The summed E-state index contributed by atoms with van der Waals surface area (Å²) in [6, 6.07) is 4.65. The predicted molar refractivity (Wildman–Crippen MR) is 57.6 cm³/mol. The van der Waals surface area contributed by atoms with Crippen molar-refractivity contribution in [3.63, 3.8) is 0 Å². The third-order valence-corrected chi connectivity index (χ3v) is 2.75. The molecule has 0 aliphatic rings.